The molecule has 0 saturated carbocycles. The number of pyridine rings is 1. The number of unbranched alkanes of at least 4 members (excludes halogenated alkanes) is 15. The maximum absolute atomic E-state index is 6.07. The number of benzene rings is 1. The molecule has 0 aliphatic carbocycles. The van der Waals surface area contributed by atoms with E-state index in [0.717, 1.165) is 31.7 Å². The van der Waals surface area contributed by atoms with Gasteiger partial charge in [-0.25, -0.2) is 0 Å². The van der Waals surface area contributed by atoms with Crippen LogP contribution in [-0.2, 0) is 22.3 Å². The molecule has 1 saturated heterocycles. The van der Waals surface area contributed by atoms with Crippen LogP contribution in [-0.4, -0.2) is 24.5 Å². The molecule has 1 aromatic heterocycles. The predicted octanol–water partition coefficient (Wildman–Crippen LogP) is 11.3. The molecule has 1 aliphatic rings. The molecule has 3 rings (SSSR count). The Bertz CT molecular complexity index is 870. The van der Waals surface area contributed by atoms with Crippen molar-refractivity contribution in [2.75, 3.05) is 13.2 Å². The molecule has 0 spiro atoms. The third-order valence-corrected chi connectivity index (χ3v) is 8.81. The third-order valence-electron chi connectivity index (χ3n) is 8.81. The van der Waals surface area contributed by atoms with Crippen LogP contribution in [0.25, 0.3) is 11.3 Å². The Morgan fingerprint density at radius 1 is 0.561 bits per heavy atom. The number of hydrogen-bond acceptors (Lipinski definition) is 3. The lowest BCUT2D eigenvalue weighted by molar-refractivity contribution is -0.203. The standard InChI is InChI=1S/C38H61NO2/c1-3-5-7-9-11-12-13-15-17-19-21-35-31-40-38(41-32-35)29-25-34-24-28-37(39-30-34)36-26-22-33(23-27-36)20-18-16-14-10-8-6-4-2/h22-24,26-28,30,35,38H,3-21,25,29,31-32H2,1-2H3. The van der Waals surface area contributed by atoms with E-state index in [1.54, 1.807) is 0 Å². The molecule has 230 valence electrons. The molecular weight excluding hydrogens is 502 g/mol. The van der Waals surface area contributed by atoms with E-state index in [1.807, 2.05) is 6.20 Å². The number of hydrogen-bond donors (Lipinski definition) is 0. The first kappa shape index (κ1) is 33.8. The van der Waals surface area contributed by atoms with Crippen LogP contribution >= 0.6 is 0 Å². The highest BCUT2D eigenvalue weighted by atomic mass is 16.7. The van der Waals surface area contributed by atoms with E-state index in [1.165, 1.54) is 139 Å². The van der Waals surface area contributed by atoms with Crippen molar-refractivity contribution in [1.29, 1.82) is 0 Å². The summed E-state index contributed by atoms with van der Waals surface area (Å²) in [4.78, 5) is 4.76. The van der Waals surface area contributed by atoms with Gasteiger partial charge >= 0.3 is 0 Å². The van der Waals surface area contributed by atoms with Gasteiger partial charge in [-0.05, 0) is 42.9 Å². The van der Waals surface area contributed by atoms with Crippen LogP contribution in [0.15, 0.2) is 42.6 Å². The number of ether oxygens (including phenoxy) is 2. The van der Waals surface area contributed by atoms with E-state index < -0.39 is 0 Å². The molecule has 1 fully saturated rings. The highest BCUT2D eigenvalue weighted by Gasteiger charge is 2.21. The van der Waals surface area contributed by atoms with E-state index in [9.17, 15) is 0 Å². The molecule has 3 heteroatoms. The molecular formula is C38H61NO2. The zero-order valence-corrected chi connectivity index (χ0v) is 26.7. The molecule has 2 heterocycles. The Hall–Kier alpha value is -1.71. The summed E-state index contributed by atoms with van der Waals surface area (Å²) in [6, 6.07) is 13.4. The molecule has 1 aliphatic heterocycles. The van der Waals surface area contributed by atoms with Crippen LogP contribution in [0, 0.1) is 5.92 Å². The first-order valence-corrected chi connectivity index (χ1v) is 17.6. The molecule has 0 unspecified atom stereocenters. The fourth-order valence-electron chi connectivity index (χ4n) is 5.99. The monoisotopic (exact) mass is 563 g/mol. The second-order valence-corrected chi connectivity index (χ2v) is 12.6. The van der Waals surface area contributed by atoms with Crippen molar-refractivity contribution in [2.24, 2.45) is 5.92 Å². The Balaban J connectivity index is 1.22. The molecule has 0 N–H and O–H groups in total. The lowest BCUT2D eigenvalue weighted by Crippen LogP contribution is -2.32. The Morgan fingerprint density at radius 2 is 1.10 bits per heavy atom. The summed E-state index contributed by atoms with van der Waals surface area (Å²) in [5.41, 5.74) is 4.95. The zero-order chi connectivity index (χ0) is 28.8. The van der Waals surface area contributed by atoms with Crippen LogP contribution in [0.4, 0.5) is 0 Å². The molecule has 0 atom stereocenters. The molecule has 0 radical (unpaired) electrons. The van der Waals surface area contributed by atoms with Crippen molar-refractivity contribution in [3.05, 3.63) is 53.7 Å². The van der Waals surface area contributed by atoms with Crippen LogP contribution in [0.3, 0.4) is 0 Å². The van der Waals surface area contributed by atoms with Crippen molar-refractivity contribution in [1.82, 2.24) is 4.98 Å². The quantitative estimate of drug-likeness (QED) is 0.126. The smallest absolute Gasteiger partial charge is 0.157 e. The molecule has 2 aromatic rings. The van der Waals surface area contributed by atoms with Gasteiger partial charge in [-0.15, -0.1) is 0 Å². The summed E-state index contributed by atoms with van der Waals surface area (Å²) < 4.78 is 12.1. The summed E-state index contributed by atoms with van der Waals surface area (Å²) in [5, 5.41) is 0. The normalized spacial score (nSPS) is 17.2. The number of rotatable bonds is 23. The topological polar surface area (TPSA) is 31.4 Å². The van der Waals surface area contributed by atoms with Crippen molar-refractivity contribution in [2.45, 2.75) is 155 Å². The fraction of sp³-hybridized carbons (Fsp3) is 0.711. The summed E-state index contributed by atoms with van der Waals surface area (Å²) >= 11 is 0. The van der Waals surface area contributed by atoms with Gasteiger partial charge in [0, 0.05) is 24.1 Å². The van der Waals surface area contributed by atoms with Gasteiger partial charge in [-0.3, -0.25) is 4.98 Å². The summed E-state index contributed by atoms with van der Waals surface area (Å²) in [5.74, 6) is 0.572. The van der Waals surface area contributed by atoms with Crippen molar-refractivity contribution < 1.29 is 9.47 Å². The summed E-state index contributed by atoms with van der Waals surface area (Å²) in [6.45, 7) is 6.28. The predicted molar refractivity (Wildman–Crippen MR) is 175 cm³/mol. The zero-order valence-electron chi connectivity index (χ0n) is 26.7. The van der Waals surface area contributed by atoms with E-state index in [4.69, 9.17) is 14.5 Å². The molecule has 0 bridgehead atoms. The highest BCUT2D eigenvalue weighted by molar-refractivity contribution is 5.59. The second kappa shape index (κ2) is 21.9. The Morgan fingerprint density at radius 3 is 1.66 bits per heavy atom. The minimum absolute atomic E-state index is 0.0671. The van der Waals surface area contributed by atoms with Gasteiger partial charge < -0.3 is 9.47 Å². The summed E-state index contributed by atoms with van der Waals surface area (Å²) in [6.07, 6.45) is 29.7. The van der Waals surface area contributed by atoms with Gasteiger partial charge in [0.25, 0.3) is 0 Å². The minimum Gasteiger partial charge on any atom is -0.352 e. The SMILES string of the molecule is CCCCCCCCCCCCC1COC(CCc2ccc(-c3ccc(CCCCCCCCC)cc3)nc2)OC1. The van der Waals surface area contributed by atoms with E-state index in [2.05, 4.69) is 50.2 Å². The number of nitrogens with zero attached hydrogens (tertiary/aromatic N) is 1. The lowest BCUT2D eigenvalue weighted by Gasteiger charge is -2.29. The average Bonchev–Trinajstić information content (AvgIpc) is 3.02. The summed E-state index contributed by atoms with van der Waals surface area (Å²) in [7, 11) is 0. The van der Waals surface area contributed by atoms with Gasteiger partial charge in [0.1, 0.15) is 0 Å². The fourth-order valence-corrected chi connectivity index (χ4v) is 5.99. The average molecular weight is 564 g/mol. The minimum atomic E-state index is -0.0671. The Labute approximate surface area is 253 Å². The highest BCUT2D eigenvalue weighted by Crippen LogP contribution is 2.23. The maximum Gasteiger partial charge on any atom is 0.157 e. The second-order valence-electron chi connectivity index (χ2n) is 12.6. The van der Waals surface area contributed by atoms with Gasteiger partial charge in [0.05, 0.1) is 18.9 Å². The first-order valence-electron chi connectivity index (χ1n) is 17.6. The maximum atomic E-state index is 6.07. The van der Waals surface area contributed by atoms with Crippen molar-refractivity contribution >= 4 is 0 Å². The van der Waals surface area contributed by atoms with Crippen molar-refractivity contribution in [3.8, 4) is 11.3 Å². The first-order chi connectivity index (χ1) is 20.3. The molecule has 0 amide bonds. The van der Waals surface area contributed by atoms with E-state index in [-0.39, 0.29) is 6.29 Å². The number of aromatic nitrogens is 1. The van der Waals surface area contributed by atoms with Gasteiger partial charge in [0.2, 0.25) is 0 Å². The van der Waals surface area contributed by atoms with Crippen LogP contribution in [0.1, 0.15) is 147 Å². The molecule has 41 heavy (non-hydrogen) atoms. The van der Waals surface area contributed by atoms with Crippen LogP contribution in [0.2, 0.25) is 0 Å². The van der Waals surface area contributed by atoms with E-state index in [0.29, 0.717) is 5.92 Å². The molecule has 1 aromatic carbocycles. The van der Waals surface area contributed by atoms with Gasteiger partial charge in [0.15, 0.2) is 6.29 Å². The van der Waals surface area contributed by atoms with Crippen LogP contribution < -0.4 is 0 Å². The number of aryl methyl sites for hydroxylation is 2. The Kier molecular flexibility index (Phi) is 18.1. The van der Waals surface area contributed by atoms with E-state index >= 15 is 0 Å². The van der Waals surface area contributed by atoms with Crippen molar-refractivity contribution in [3.63, 3.8) is 0 Å². The lowest BCUT2D eigenvalue weighted by atomic mass is 10.0. The van der Waals surface area contributed by atoms with Gasteiger partial charge in [-0.2, -0.15) is 0 Å². The largest absolute Gasteiger partial charge is 0.352 e. The third kappa shape index (κ3) is 14.8. The molecule has 3 nitrogen and oxygen atoms in total. The van der Waals surface area contributed by atoms with Crippen LogP contribution in [0.5, 0.6) is 0 Å². The van der Waals surface area contributed by atoms with Gasteiger partial charge in [-0.1, -0.05) is 147 Å².